The molecule has 0 radical (unpaired) electrons. The number of amides is 1. The molecule has 3 rings (SSSR count). The van der Waals surface area contributed by atoms with E-state index in [2.05, 4.69) is 15.5 Å². The Morgan fingerprint density at radius 3 is 2.88 bits per heavy atom. The Morgan fingerprint density at radius 2 is 2.16 bits per heavy atom. The van der Waals surface area contributed by atoms with Gasteiger partial charge in [-0.1, -0.05) is 41.0 Å². The lowest BCUT2D eigenvalue weighted by atomic mass is 10.2. The van der Waals surface area contributed by atoms with Gasteiger partial charge in [-0.2, -0.15) is 0 Å². The van der Waals surface area contributed by atoms with Crippen LogP contribution in [0.25, 0.3) is 11.6 Å². The highest BCUT2D eigenvalue weighted by molar-refractivity contribution is 7.99. The van der Waals surface area contributed by atoms with Gasteiger partial charge in [-0.25, -0.2) is 0 Å². The first kappa shape index (κ1) is 17.8. The SMILES string of the molecule is Cn1c(SCC(=O)NCc2ccc(Cl)cc2Cl)nnc1-c1ccco1. The summed E-state index contributed by atoms with van der Waals surface area (Å²) in [7, 11) is 1.82. The molecule has 0 aliphatic heterocycles. The van der Waals surface area contributed by atoms with Crippen LogP contribution in [-0.2, 0) is 18.4 Å². The van der Waals surface area contributed by atoms with Crippen molar-refractivity contribution in [2.24, 2.45) is 7.05 Å². The highest BCUT2D eigenvalue weighted by Crippen LogP contribution is 2.23. The molecule has 0 aliphatic rings. The molecular formula is C16H14Cl2N4O2S. The van der Waals surface area contributed by atoms with Crippen LogP contribution < -0.4 is 5.32 Å². The molecule has 0 saturated heterocycles. The highest BCUT2D eigenvalue weighted by Gasteiger charge is 2.14. The highest BCUT2D eigenvalue weighted by atomic mass is 35.5. The Balaban J connectivity index is 1.54. The Morgan fingerprint density at radius 1 is 1.32 bits per heavy atom. The number of furan rings is 1. The average molecular weight is 397 g/mol. The zero-order valence-electron chi connectivity index (χ0n) is 13.2. The first-order valence-electron chi connectivity index (χ1n) is 7.31. The van der Waals surface area contributed by atoms with E-state index in [9.17, 15) is 4.79 Å². The summed E-state index contributed by atoms with van der Waals surface area (Å²) in [5.74, 6) is 1.33. The minimum absolute atomic E-state index is 0.126. The smallest absolute Gasteiger partial charge is 0.230 e. The Hall–Kier alpha value is -1.96. The number of carbonyl (C=O) groups excluding carboxylic acids is 1. The minimum Gasteiger partial charge on any atom is -0.461 e. The van der Waals surface area contributed by atoms with E-state index in [-0.39, 0.29) is 11.7 Å². The largest absolute Gasteiger partial charge is 0.461 e. The second kappa shape index (κ2) is 7.95. The third kappa shape index (κ3) is 4.36. The molecule has 0 spiro atoms. The number of carbonyl (C=O) groups is 1. The molecule has 25 heavy (non-hydrogen) atoms. The lowest BCUT2D eigenvalue weighted by Crippen LogP contribution is -2.24. The van der Waals surface area contributed by atoms with Crippen molar-refractivity contribution in [1.82, 2.24) is 20.1 Å². The van der Waals surface area contributed by atoms with Crippen LogP contribution in [0.4, 0.5) is 0 Å². The molecule has 0 aliphatic carbocycles. The average Bonchev–Trinajstić information content (AvgIpc) is 3.22. The van der Waals surface area contributed by atoms with Gasteiger partial charge in [-0.3, -0.25) is 4.79 Å². The van der Waals surface area contributed by atoms with Crippen LogP contribution in [0.1, 0.15) is 5.56 Å². The molecule has 9 heteroatoms. The first-order valence-corrected chi connectivity index (χ1v) is 9.05. The lowest BCUT2D eigenvalue weighted by molar-refractivity contribution is -0.118. The van der Waals surface area contributed by atoms with Gasteiger partial charge in [0.15, 0.2) is 16.7 Å². The van der Waals surface area contributed by atoms with Crippen molar-refractivity contribution >= 4 is 40.9 Å². The summed E-state index contributed by atoms with van der Waals surface area (Å²) >= 11 is 13.2. The van der Waals surface area contributed by atoms with Gasteiger partial charge >= 0.3 is 0 Å². The van der Waals surface area contributed by atoms with Crippen LogP contribution in [-0.4, -0.2) is 26.4 Å². The molecule has 0 fully saturated rings. The number of aromatic nitrogens is 3. The maximum atomic E-state index is 12.0. The van der Waals surface area contributed by atoms with E-state index in [1.54, 1.807) is 41.2 Å². The molecule has 6 nitrogen and oxygen atoms in total. The van der Waals surface area contributed by atoms with Gasteiger partial charge in [0.25, 0.3) is 0 Å². The molecule has 0 unspecified atom stereocenters. The summed E-state index contributed by atoms with van der Waals surface area (Å²) in [4.78, 5) is 12.0. The quantitative estimate of drug-likeness (QED) is 0.641. The Labute approximate surface area is 158 Å². The molecular weight excluding hydrogens is 383 g/mol. The minimum atomic E-state index is -0.126. The summed E-state index contributed by atoms with van der Waals surface area (Å²) in [6, 6.07) is 8.76. The van der Waals surface area contributed by atoms with E-state index >= 15 is 0 Å². The van der Waals surface area contributed by atoms with Crippen molar-refractivity contribution in [3.05, 3.63) is 52.2 Å². The van der Waals surface area contributed by atoms with Gasteiger partial charge in [0.2, 0.25) is 5.91 Å². The number of nitrogens with zero attached hydrogens (tertiary/aromatic N) is 3. The van der Waals surface area contributed by atoms with Crippen molar-refractivity contribution in [2.45, 2.75) is 11.7 Å². The van der Waals surface area contributed by atoms with Crippen molar-refractivity contribution in [2.75, 3.05) is 5.75 Å². The fourth-order valence-corrected chi connectivity index (χ4v) is 3.32. The molecule has 2 heterocycles. The maximum absolute atomic E-state index is 12.0. The van der Waals surface area contributed by atoms with Crippen molar-refractivity contribution in [3.8, 4) is 11.6 Å². The summed E-state index contributed by atoms with van der Waals surface area (Å²) in [5, 5.41) is 12.7. The van der Waals surface area contributed by atoms with E-state index in [1.807, 2.05) is 7.05 Å². The van der Waals surface area contributed by atoms with E-state index in [4.69, 9.17) is 27.6 Å². The van der Waals surface area contributed by atoms with Crippen molar-refractivity contribution in [1.29, 1.82) is 0 Å². The molecule has 1 N–H and O–H groups in total. The summed E-state index contributed by atoms with van der Waals surface area (Å²) < 4.78 is 7.10. The van der Waals surface area contributed by atoms with Crippen LogP contribution in [0.5, 0.6) is 0 Å². The van der Waals surface area contributed by atoms with Crippen LogP contribution in [0.15, 0.2) is 46.2 Å². The second-order valence-corrected chi connectivity index (χ2v) is 6.93. The van der Waals surface area contributed by atoms with E-state index in [0.29, 0.717) is 33.3 Å². The number of hydrogen-bond donors (Lipinski definition) is 1. The standard InChI is InChI=1S/C16H14Cl2N4O2S/c1-22-15(13-3-2-6-24-13)20-21-16(22)25-9-14(23)19-8-10-4-5-11(17)7-12(10)18/h2-7H,8-9H2,1H3,(H,19,23). The predicted octanol–water partition coefficient (Wildman–Crippen LogP) is 3.79. The first-order chi connectivity index (χ1) is 12.0. The number of hydrogen-bond acceptors (Lipinski definition) is 5. The van der Waals surface area contributed by atoms with Crippen LogP contribution in [0.2, 0.25) is 10.0 Å². The van der Waals surface area contributed by atoms with Gasteiger partial charge in [0.1, 0.15) is 0 Å². The number of benzene rings is 1. The molecule has 130 valence electrons. The Bertz CT molecular complexity index is 880. The molecule has 0 saturated carbocycles. The number of rotatable bonds is 6. The number of thioether (sulfide) groups is 1. The predicted molar refractivity (Wildman–Crippen MR) is 97.7 cm³/mol. The van der Waals surface area contributed by atoms with Gasteiger partial charge in [0, 0.05) is 23.6 Å². The topological polar surface area (TPSA) is 73.0 Å². The van der Waals surface area contributed by atoms with E-state index in [1.165, 1.54) is 11.8 Å². The van der Waals surface area contributed by atoms with Crippen LogP contribution >= 0.6 is 35.0 Å². The van der Waals surface area contributed by atoms with Crippen LogP contribution in [0, 0.1) is 0 Å². The lowest BCUT2D eigenvalue weighted by Gasteiger charge is -2.07. The number of nitrogens with one attached hydrogen (secondary N) is 1. The summed E-state index contributed by atoms with van der Waals surface area (Å²) in [6.45, 7) is 0.339. The maximum Gasteiger partial charge on any atom is 0.230 e. The van der Waals surface area contributed by atoms with Gasteiger partial charge < -0.3 is 14.3 Å². The van der Waals surface area contributed by atoms with Crippen LogP contribution in [0.3, 0.4) is 0 Å². The third-order valence-electron chi connectivity index (χ3n) is 3.40. The molecule has 3 aromatic rings. The zero-order valence-corrected chi connectivity index (χ0v) is 15.5. The van der Waals surface area contributed by atoms with Gasteiger partial charge in [-0.05, 0) is 29.8 Å². The Kier molecular flexibility index (Phi) is 5.67. The van der Waals surface area contributed by atoms with E-state index in [0.717, 1.165) is 5.56 Å². The molecule has 0 bridgehead atoms. The molecule has 0 atom stereocenters. The second-order valence-electron chi connectivity index (χ2n) is 5.14. The third-order valence-corrected chi connectivity index (χ3v) is 5.01. The molecule has 1 amide bonds. The fraction of sp³-hybridized carbons (Fsp3) is 0.188. The molecule has 2 aromatic heterocycles. The number of halogens is 2. The summed E-state index contributed by atoms with van der Waals surface area (Å²) in [6.07, 6.45) is 1.58. The fourth-order valence-electron chi connectivity index (χ4n) is 2.10. The van der Waals surface area contributed by atoms with Crippen molar-refractivity contribution in [3.63, 3.8) is 0 Å². The van der Waals surface area contributed by atoms with Gasteiger partial charge in [0.05, 0.1) is 12.0 Å². The van der Waals surface area contributed by atoms with E-state index < -0.39 is 0 Å². The normalized spacial score (nSPS) is 10.8. The molecule has 1 aromatic carbocycles. The monoisotopic (exact) mass is 396 g/mol. The van der Waals surface area contributed by atoms with Gasteiger partial charge in [-0.15, -0.1) is 10.2 Å². The summed E-state index contributed by atoms with van der Waals surface area (Å²) in [5.41, 5.74) is 0.809. The van der Waals surface area contributed by atoms with Crippen molar-refractivity contribution < 1.29 is 9.21 Å². The zero-order chi connectivity index (χ0) is 17.8.